The van der Waals surface area contributed by atoms with Gasteiger partial charge in [-0.15, -0.1) is 0 Å². The number of aliphatic hydroxyl groups is 1. The molecule has 0 bridgehead atoms. The molecule has 0 fully saturated rings. The summed E-state index contributed by atoms with van der Waals surface area (Å²) in [7, 11) is 0. The smallest absolute Gasteiger partial charge is 0.154 e. The van der Waals surface area contributed by atoms with E-state index in [1.165, 1.54) is 6.20 Å². The fourth-order valence-electron chi connectivity index (χ4n) is 1.44. The summed E-state index contributed by atoms with van der Waals surface area (Å²) in [5.41, 5.74) is 1.33. The summed E-state index contributed by atoms with van der Waals surface area (Å²) in [6, 6.07) is 10.8. The highest BCUT2D eigenvalue weighted by Crippen LogP contribution is 2.23. The lowest BCUT2D eigenvalue weighted by molar-refractivity contribution is 0.270. The van der Waals surface area contributed by atoms with Crippen molar-refractivity contribution in [3.05, 3.63) is 54.1 Å². The van der Waals surface area contributed by atoms with Crippen molar-refractivity contribution in [2.75, 3.05) is 0 Å². The summed E-state index contributed by atoms with van der Waals surface area (Å²) in [6.45, 7) is -0.382. The second-order valence-corrected chi connectivity index (χ2v) is 3.14. The normalized spacial score (nSPS) is 10.3. The number of rotatable bonds is 2. The third-order valence-corrected chi connectivity index (χ3v) is 2.20. The Balaban J connectivity index is 2.54. The van der Waals surface area contributed by atoms with Gasteiger partial charge in [0.05, 0.1) is 6.61 Å². The Labute approximate surface area is 87.0 Å². The second-order valence-electron chi connectivity index (χ2n) is 3.14. The highest BCUT2D eigenvalue weighted by atomic mass is 19.1. The van der Waals surface area contributed by atoms with Crippen molar-refractivity contribution >= 4 is 0 Å². The first-order chi connectivity index (χ1) is 7.33. The van der Waals surface area contributed by atoms with Crippen molar-refractivity contribution in [2.45, 2.75) is 6.61 Å². The molecular formula is C12H10FNO. The second kappa shape index (κ2) is 4.19. The predicted molar refractivity (Wildman–Crippen MR) is 55.6 cm³/mol. The number of benzene rings is 1. The highest BCUT2D eigenvalue weighted by Gasteiger charge is 2.09. The zero-order valence-corrected chi connectivity index (χ0v) is 8.02. The molecule has 0 atom stereocenters. The number of aliphatic hydroxyl groups excluding tert-OH is 1. The van der Waals surface area contributed by atoms with Crippen molar-refractivity contribution in [2.24, 2.45) is 0 Å². The molecule has 0 saturated carbocycles. The summed E-state index contributed by atoms with van der Waals surface area (Å²) in [5, 5.41) is 8.89. The van der Waals surface area contributed by atoms with E-state index in [1.54, 1.807) is 6.07 Å². The molecule has 15 heavy (non-hydrogen) atoms. The average Bonchev–Trinajstić information content (AvgIpc) is 2.30. The van der Waals surface area contributed by atoms with Crippen molar-refractivity contribution in [3.8, 4) is 11.1 Å². The monoisotopic (exact) mass is 203 g/mol. The Hall–Kier alpha value is -1.74. The molecule has 0 saturated heterocycles. The molecule has 2 aromatic rings. The lowest BCUT2D eigenvalue weighted by Crippen LogP contribution is -1.96. The van der Waals surface area contributed by atoms with E-state index < -0.39 is 5.82 Å². The minimum atomic E-state index is -0.453. The number of nitrogens with zero attached hydrogens (tertiary/aromatic N) is 1. The Morgan fingerprint density at radius 2 is 1.87 bits per heavy atom. The maximum atomic E-state index is 13.7. The van der Waals surface area contributed by atoms with Crippen LogP contribution < -0.4 is 0 Å². The third-order valence-electron chi connectivity index (χ3n) is 2.20. The predicted octanol–water partition coefficient (Wildman–Crippen LogP) is 2.38. The van der Waals surface area contributed by atoms with Gasteiger partial charge in [0.15, 0.2) is 5.82 Å². The van der Waals surface area contributed by atoms with Crippen LogP contribution in [0.1, 0.15) is 5.69 Å². The van der Waals surface area contributed by atoms with Crippen LogP contribution >= 0.6 is 0 Å². The first-order valence-electron chi connectivity index (χ1n) is 4.62. The molecule has 0 radical (unpaired) electrons. The Morgan fingerprint density at radius 3 is 2.53 bits per heavy atom. The quantitative estimate of drug-likeness (QED) is 0.812. The van der Waals surface area contributed by atoms with Gasteiger partial charge < -0.3 is 5.11 Å². The van der Waals surface area contributed by atoms with E-state index in [1.807, 2.05) is 30.3 Å². The summed E-state index contributed by atoms with van der Waals surface area (Å²) in [5.74, 6) is -0.453. The molecule has 1 aromatic carbocycles. The Bertz CT molecular complexity index is 456. The van der Waals surface area contributed by atoms with Crippen molar-refractivity contribution < 1.29 is 9.50 Å². The molecule has 0 aliphatic heterocycles. The minimum absolute atomic E-state index is 0.0800. The van der Waals surface area contributed by atoms with Crippen LogP contribution in [-0.2, 0) is 6.61 Å². The van der Waals surface area contributed by atoms with Gasteiger partial charge in [0.2, 0.25) is 0 Å². The van der Waals surface area contributed by atoms with Gasteiger partial charge in [-0.25, -0.2) is 4.39 Å². The first kappa shape index (κ1) is 9.80. The van der Waals surface area contributed by atoms with Crippen molar-refractivity contribution in [1.29, 1.82) is 0 Å². The van der Waals surface area contributed by atoms with Crippen molar-refractivity contribution in [1.82, 2.24) is 4.98 Å². The van der Waals surface area contributed by atoms with E-state index in [-0.39, 0.29) is 12.3 Å². The summed E-state index contributed by atoms with van der Waals surface area (Å²) < 4.78 is 13.7. The van der Waals surface area contributed by atoms with Crippen LogP contribution in [0.5, 0.6) is 0 Å². The molecule has 1 aromatic heterocycles. The molecule has 0 aliphatic rings. The molecule has 76 valence electrons. The van der Waals surface area contributed by atoms with Crippen LogP contribution in [0.3, 0.4) is 0 Å². The molecule has 2 nitrogen and oxygen atoms in total. The lowest BCUT2D eigenvalue weighted by atomic mass is 10.1. The number of hydrogen-bond acceptors (Lipinski definition) is 2. The zero-order valence-electron chi connectivity index (χ0n) is 8.02. The molecular weight excluding hydrogens is 193 g/mol. The third kappa shape index (κ3) is 1.87. The van der Waals surface area contributed by atoms with Crippen LogP contribution in [0.4, 0.5) is 4.39 Å². The van der Waals surface area contributed by atoms with Gasteiger partial charge in [-0.2, -0.15) is 0 Å². The topological polar surface area (TPSA) is 33.1 Å². The summed E-state index contributed by atoms with van der Waals surface area (Å²) in [6.07, 6.45) is 1.50. The fraction of sp³-hybridized carbons (Fsp3) is 0.0833. The molecule has 0 aliphatic carbocycles. The standard InChI is InChI=1S/C12H10FNO/c13-12-10(6-7-14-11(12)8-15)9-4-2-1-3-5-9/h1-7,15H,8H2. The minimum Gasteiger partial charge on any atom is -0.390 e. The van der Waals surface area contributed by atoms with E-state index in [4.69, 9.17) is 5.11 Å². The number of aromatic nitrogens is 1. The van der Waals surface area contributed by atoms with Gasteiger partial charge >= 0.3 is 0 Å². The first-order valence-corrected chi connectivity index (χ1v) is 4.62. The Kier molecular flexibility index (Phi) is 2.74. The van der Waals surface area contributed by atoms with E-state index in [2.05, 4.69) is 4.98 Å². The van der Waals surface area contributed by atoms with Crippen LogP contribution in [0, 0.1) is 5.82 Å². The van der Waals surface area contributed by atoms with Crippen LogP contribution in [0.25, 0.3) is 11.1 Å². The molecule has 1 heterocycles. The molecule has 1 N–H and O–H groups in total. The molecule has 2 rings (SSSR count). The number of hydrogen-bond donors (Lipinski definition) is 1. The molecule has 0 unspecified atom stereocenters. The van der Waals surface area contributed by atoms with E-state index >= 15 is 0 Å². The van der Waals surface area contributed by atoms with Gasteiger partial charge in [-0.1, -0.05) is 30.3 Å². The molecule has 0 amide bonds. The fourth-order valence-corrected chi connectivity index (χ4v) is 1.44. The highest BCUT2D eigenvalue weighted by molar-refractivity contribution is 5.63. The zero-order chi connectivity index (χ0) is 10.7. The largest absolute Gasteiger partial charge is 0.390 e. The van der Waals surface area contributed by atoms with Crippen molar-refractivity contribution in [3.63, 3.8) is 0 Å². The SMILES string of the molecule is OCc1nccc(-c2ccccc2)c1F. The maximum Gasteiger partial charge on any atom is 0.154 e. The van der Waals surface area contributed by atoms with Gasteiger partial charge in [-0.3, -0.25) is 4.98 Å². The van der Waals surface area contributed by atoms with Gasteiger partial charge in [-0.05, 0) is 11.6 Å². The lowest BCUT2D eigenvalue weighted by Gasteiger charge is -2.05. The average molecular weight is 203 g/mol. The summed E-state index contributed by atoms with van der Waals surface area (Å²) >= 11 is 0. The van der Waals surface area contributed by atoms with Gasteiger partial charge in [0, 0.05) is 11.8 Å². The van der Waals surface area contributed by atoms with Crippen LogP contribution in [0.15, 0.2) is 42.6 Å². The number of halogens is 1. The molecule has 0 spiro atoms. The number of pyridine rings is 1. The van der Waals surface area contributed by atoms with Crippen LogP contribution in [0.2, 0.25) is 0 Å². The Morgan fingerprint density at radius 1 is 1.13 bits per heavy atom. The van der Waals surface area contributed by atoms with Gasteiger partial charge in [0.1, 0.15) is 5.69 Å². The summed E-state index contributed by atoms with van der Waals surface area (Å²) in [4.78, 5) is 3.76. The molecule has 3 heteroatoms. The maximum absolute atomic E-state index is 13.7. The van der Waals surface area contributed by atoms with E-state index in [0.717, 1.165) is 5.56 Å². The van der Waals surface area contributed by atoms with Gasteiger partial charge in [0.25, 0.3) is 0 Å². The van der Waals surface area contributed by atoms with E-state index in [0.29, 0.717) is 5.56 Å². The van der Waals surface area contributed by atoms with E-state index in [9.17, 15) is 4.39 Å². The van der Waals surface area contributed by atoms with Crippen LogP contribution in [-0.4, -0.2) is 10.1 Å².